The minimum atomic E-state index is 0.0121. The van der Waals surface area contributed by atoms with E-state index in [1.54, 1.807) is 6.08 Å². The number of benzene rings is 2. The lowest BCUT2D eigenvalue weighted by Gasteiger charge is -2.25. The van der Waals surface area contributed by atoms with Crippen LogP contribution in [-0.4, -0.2) is 46.9 Å². The molecule has 2 heterocycles. The van der Waals surface area contributed by atoms with E-state index in [1.165, 1.54) is 5.56 Å². The fourth-order valence-electron chi connectivity index (χ4n) is 3.28. The second kappa shape index (κ2) is 8.67. The molecule has 142 valence electrons. The molecule has 0 aliphatic carbocycles. The van der Waals surface area contributed by atoms with Crippen molar-refractivity contribution in [2.75, 3.05) is 26.3 Å². The number of carbonyl (C=O) groups excluding carboxylic acids is 1. The molecule has 5 heteroatoms. The van der Waals surface area contributed by atoms with Crippen molar-refractivity contribution in [1.82, 2.24) is 14.7 Å². The summed E-state index contributed by atoms with van der Waals surface area (Å²) in [6, 6.07) is 20.3. The van der Waals surface area contributed by atoms with Crippen molar-refractivity contribution in [3.63, 3.8) is 0 Å². The molecule has 2 aromatic carbocycles. The van der Waals surface area contributed by atoms with E-state index in [2.05, 4.69) is 12.1 Å². The number of amides is 1. The predicted molar refractivity (Wildman–Crippen MR) is 110 cm³/mol. The SMILES string of the molecule is O=C(/C=C/c1cn(Cc2ccccc2)nc1-c1ccccc1)N1CCOCC1. The number of morpholine rings is 1. The Labute approximate surface area is 164 Å². The summed E-state index contributed by atoms with van der Waals surface area (Å²) in [7, 11) is 0. The average molecular weight is 373 g/mol. The molecule has 3 aromatic rings. The molecule has 0 saturated carbocycles. The molecule has 0 radical (unpaired) electrons. The smallest absolute Gasteiger partial charge is 0.246 e. The first-order chi connectivity index (χ1) is 13.8. The van der Waals surface area contributed by atoms with E-state index >= 15 is 0 Å². The van der Waals surface area contributed by atoms with E-state index in [0.717, 1.165) is 16.8 Å². The van der Waals surface area contributed by atoms with Crippen molar-refractivity contribution in [1.29, 1.82) is 0 Å². The van der Waals surface area contributed by atoms with Gasteiger partial charge in [0, 0.05) is 36.5 Å². The highest BCUT2D eigenvalue weighted by Crippen LogP contribution is 2.23. The number of rotatable bonds is 5. The lowest BCUT2D eigenvalue weighted by atomic mass is 10.1. The van der Waals surface area contributed by atoms with E-state index in [-0.39, 0.29) is 5.91 Å². The van der Waals surface area contributed by atoms with Gasteiger partial charge in [0.05, 0.1) is 25.5 Å². The van der Waals surface area contributed by atoms with Crippen LogP contribution in [0.1, 0.15) is 11.1 Å². The van der Waals surface area contributed by atoms with Crippen LogP contribution in [0.25, 0.3) is 17.3 Å². The Balaban J connectivity index is 1.60. The van der Waals surface area contributed by atoms with Crippen molar-refractivity contribution in [2.24, 2.45) is 0 Å². The molecule has 1 amide bonds. The summed E-state index contributed by atoms with van der Waals surface area (Å²) in [4.78, 5) is 14.3. The maximum Gasteiger partial charge on any atom is 0.246 e. The van der Waals surface area contributed by atoms with Crippen LogP contribution in [0.3, 0.4) is 0 Å². The highest BCUT2D eigenvalue weighted by Gasteiger charge is 2.15. The predicted octanol–water partition coefficient (Wildman–Crippen LogP) is 3.47. The van der Waals surface area contributed by atoms with E-state index in [1.807, 2.05) is 70.4 Å². The molecule has 1 saturated heterocycles. The fourth-order valence-corrected chi connectivity index (χ4v) is 3.28. The van der Waals surface area contributed by atoms with Crippen LogP contribution in [0.4, 0.5) is 0 Å². The van der Waals surface area contributed by atoms with E-state index in [4.69, 9.17) is 9.84 Å². The summed E-state index contributed by atoms with van der Waals surface area (Å²) in [6.07, 6.45) is 5.51. The number of hydrogen-bond acceptors (Lipinski definition) is 3. The van der Waals surface area contributed by atoms with Crippen molar-refractivity contribution in [3.8, 4) is 11.3 Å². The summed E-state index contributed by atoms with van der Waals surface area (Å²) < 4.78 is 7.25. The van der Waals surface area contributed by atoms with Gasteiger partial charge in [0.15, 0.2) is 0 Å². The van der Waals surface area contributed by atoms with Crippen molar-refractivity contribution < 1.29 is 9.53 Å². The molecule has 0 spiro atoms. The largest absolute Gasteiger partial charge is 0.378 e. The Morgan fingerprint density at radius 3 is 2.39 bits per heavy atom. The molecule has 0 unspecified atom stereocenters. The Kier molecular flexibility index (Phi) is 5.64. The van der Waals surface area contributed by atoms with Gasteiger partial charge in [0.1, 0.15) is 0 Å². The number of nitrogens with zero attached hydrogens (tertiary/aromatic N) is 3. The molecule has 1 aliphatic rings. The summed E-state index contributed by atoms with van der Waals surface area (Å²) in [5.41, 5.74) is 4.03. The molecule has 0 bridgehead atoms. The monoisotopic (exact) mass is 373 g/mol. The molecule has 4 rings (SSSR count). The highest BCUT2D eigenvalue weighted by atomic mass is 16.5. The van der Waals surface area contributed by atoms with Crippen LogP contribution < -0.4 is 0 Å². The van der Waals surface area contributed by atoms with Gasteiger partial charge < -0.3 is 9.64 Å². The molecule has 28 heavy (non-hydrogen) atoms. The molecular formula is C23H23N3O2. The van der Waals surface area contributed by atoms with Crippen LogP contribution in [0.15, 0.2) is 72.9 Å². The Hall–Kier alpha value is -3.18. The van der Waals surface area contributed by atoms with Gasteiger partial charge in [0.25, 0.3) is 0 Å². The molecular weight excluding hydrogens is 350 g/mol. The van der Waals surface area contributed by atoms with Gasteiger partial charge in [-0.15, -0.1) is 0 Å². The lowest BCUT2D eigenvalue weighted by Crippen LogP contribution is -2.39. The third-order valence-corrected chi connectivity index (χ3v) is 4.75. The molecule has 1 fully saturated rings. The maximum atomic E-state index is 12.5. The summed E-state index contributed by atoms with van der Waals surface area (Å²) in [6.45, 7) is 3.17. The third kappa shape index (κ3) is 4.38. The number of hydrogen-bond donors (Lipinski definition) is 0. The molecule has 1 aliphatic heterocycles. The first-order valence-corrected chi connectivity index (χ1v) is 9.51. The van der Waals surface area contributed by atoms with Gasteiger partial charge in [-0.1, -0.05) is 60.7 Å². The summed E-state index contributed by atoms with van der Waals surface area (Å²) >= 11 is 0. The van der Waals surface area contributed by atoms with E-state index in [0.29, 0.717) is 32.8 Å². The van der Waals surface area contributed by atoms with Gasteiger partial charge in [-0.3, -0.25) is 9.48 Å². The van der Waals surface area contributed by atoms with E-state index in [9.17, 15) is 4.79 Å². The molecule has 1 aromatic heterocycles. The topological polar surface area (TPSA) is 47.4 Å². The van der Waals surface area contributed by atoms with Crippen LogP contribution in [0, 0.1) is 0 Å². The van der Waals surface area contributed by atoms with Gasteiger partial charge in [-0.2, -0.15) is 5.10 Å². The quantitative estimate of drug-likeness (QED) is 0.644. The molecule has 0 atom stereocenters. The third-order valence-electron chi connectivity index (χ3n) is 4.75. The van der Waals surface area contributed by atoms with Crippen molar-refractivity contribution >= 4 is 12.0 Å². The minimum Gasteiger partial charge on any atom is -0.378 e. The first-order valence-electron chi connectivity index (χ1n) is 9.51. The van der Waals surface area contributed by atoms with Gasteiger partial charge in [-0.05, 0) is 11.6 Å². The summed E-state index contributed by atoms with van der Waals surface area (Å²) in [5.74, 6) is 0.0121. The number of carbonyl (C=O) groups is 1. The Bertz CT molecular complexity index is 942. The van der Waals surface area contributed by atoms with Gasteiger partial charge in [-0.25, -0.2) is 0 Å². The van der Waals surface area contributed by atoms with Crippen molar-refractivity contribution in [3.05, 3.63) is 84.1 Å². The Morgan fingerprint density at radius 2 is 1.68 bits per heavy atom. The van der Waals surface area contributed by atoms with Crippen LogP contribution in [-0.2, 0) is 16.1 Å². The van der Waals surface area contributed by atoms with Crippen LogP contribution in [0.2, 0.25) is 0 Å². The van der Waals surface area contributed by atoms with Gasteiger partial charge >= 0.3 is 0 Å². The zero-order chi connectivity index (χ0) is 19.2. The van der Waals surface area contributed by atoms with Crippen LogP contribution in [0.5, 0.6) is 0 Å². The van der Waals surface area contributed by atoms with Crippen LogP contribution >= 0.6 is 0 Å². The minimum absolute atomic E-state index is 0.0121. The Morgan fingerprint density at radius 1 is 1.00 bits per heavy atom. The summed E-state index contributed by atoms with van der Waals surface area (Å²) in [5, 5.41) is 4.79. The normalized spacial score (nSPS) is 14.5. The van der Waals surface area contributed by atoms with Gasteiger partial charge in [0.2, 0.25) is 5.91 Å². The fraction of sp³-hybridized carbons (Fsp3) is 0.217. The zero-order valence-electron chi connectivity index (χ0n) is 15.7. The highest BCUT2D eigenvalue weighted by molar-refractivity contribution is 5.92. The molecule has 5 nitrogen and oxygen atoms in total. The van der Waals surface area contributed by atoms with Crippen molar-refractivity contribution in [2.45, 2.75) is 6.54 Å². The standard InChI is InChI=1S/C23H23N3O2/c27-22(25-13-15-28-16-14-25)12-11-21-18-26(17-19-7-3-1-4-8-19)24-23(21)20-9-5-2-6-10-20/h1-12,18H,13-17H2/b12-11+. The lowest BCUT2D eigenvalue weighted by molar-refractivity contribution is -0.129. The second-order valence-corrected chi connectivity index (χ2v) is 6.75. The molecule has 0 N–H and O–H groups in total. The second-order valence-electron chi connectivity index (χ2n) is 6.75. The maximum absolute atomic E-state index is 12.5. The van der Waals surface area contributed by atoms with E-state index < -0.39 is 0 Å². The number of aromatic nitrogens is 2. The zero-order valence-corrected chi connectivity index (χ0v) is 15.7. The first kappa shape index (κ1) is 18.2. The number of ether oxygens (including phenoxy) is 1. The average Bonchev–Trinajstić information content (AvgIpc) is 3.16.